The van der Waals surface area contributed by atoms with E-state index in [2.05, 4.69) is 38.7 Å². The van der Waals surface area contributed by atoms with Crippen molar-refractivity contribution in [2.24, 2.45) is 0 Å². The van der Waals surface area contributed by atoms with Gasteiger partial charge in [-0.3, -0.25) is 0 Å². The van der Waals surface area contributed by atoms with Crippen LogP contribution in [0, 0.1) is 11.8 Å². The van der Waals surface area contributed by atoms with Crippen molar-refractivity contribution in [3.63, 3.8) is 0 Å². The highest BCUT2D eigenvalue weighted by Gasteiger charge is 1.98. The van der Waals surface area contributed by atoms with E-state index in [0.717, 1.165) is 25.7 Å². The second-order valence-corrected chi connectivity index (χ2v) is 5.05. The molecule has 2 heteroatoms. The normalized spacial score (nSPS) is 10.0. The Bertz CT molecular complexity index is 317. The molecule has 0 aromatic rings. The lowest BCUT2D eigenvalue weighted by Crippen LogP contribution is -2.01. The lowest BCUT2D eigenvalue weighted by Gasteiger charge is -2.10. The van der Waals surface area contributed by atoms with Crippen LogP contribution in [0.2, 0.25) is 0 Å². The molecule has 120 valence electrons. The first-order valence-electron chi connectivity index (χ1n) is 8.46. The number of rotatable bonds is 12. The van der Waals surface area contributed by atoms with Crippen molar-refractivity contribution < 1.29 is 9.47 Å². The summed E-state index contributed by atoms with van der Waals surface area (Å²) in [4.78, 5) is 0. The molecule has 0 aliphatic rings. The quantitative estimate of drug-likeness (QED) is 0.265. The Labute approximate surface area is 131 Å². The van der Waals surface area contributed by atoms with Gasteiger partial charge in [-0.1, -0.05) is 70.8 Å². The Hall–Kier alpha value is -1.36. The summed E-state index contributed by atoms with van der Waals surface area (Å²) in [5, 5.41) is 0. The molecule has 0 aliphatic heterocycles. The maximum absolute atomic E-state index is 5.66. The Morgan fingerprint density at radius 2 is 1.43 bits per heavy atom. The molecule has 0 spiro atoms. The van der Waals surface area contributed by atoms with Crippen molar-refractivity contribution >= 4 is 0 Å². The lowest BCUT2D eigenvalue weighted by atomic mass is 10.3. The van der Waals surface area contributed by atoms with Gasteiger partial charge < -0.3 is 9.47 Å². The molecule has 0 heterocycles. The maximum atomic E-state index is 5.66. The zero-order valence-corrected chi connectivity index (χ0v) is 14.1. The van der Waals surface area contributed by atoms with E-state index in [1.807, 2.05) is 6.08 Å². The van der Waals surface area contributed by atoms with Gasteiger partial charge in [0, 0.05) is 0 Å². The molecule has 0 aromatic heterocycles. The Morgan fingerprint density at radius 3 is 1.95 bits per heavy atom. The molecule has 0 saturated carbocycles. The van der Waals surface area contributed by atoms with Gasteiger partial charge >= 0.3 is 0 Å². The van der Waals surface area contributed by atoms with Crippen LogP contribution in [0.15, 0.2) is 24.2 Å². The standard InChI is InChI=1S/C19H32O2/c1-4-7-10-11-12-13-16-19(20-17-14-8-5-2)21-18-15-9-6-3/h10-11,16H,4-9,14-15,17-18H2,1-3H3/b11-10-. The van der Waals surface area contributed by atoms with E-state index in [4.69, 9.17) is 9.47 Å². The maximum Gasteiger partial charge on any atom is 0.287 e. The summed E-state index contributed by atoms with van der Waals surface area (Å²) in [6.45, 7) is 7.95. The van der Waals surface area contributed by atoms with Gasteiger partial charge in [0.1, 0.15) is 0 Å². The minimum Gasteiger partial charge on any atom is -0.465 e. The lowest BCUT2D eigenvalue weighted by molar-refractivity contribution is 0.0327. The molecule has 0 rings (SSSR count). The molecule has 2 nitrogen and oxygen atoms in total. The molecule has 0 fully saturated rings. The summed E-state index contributed by atoms with van der Waals surface area (Å²) in [5.41, 5.74) is 0. The number of hydrogen-bond acceptors (Lipinski definition) is 2. The minimum absolute atomic E-state index is 0.568. The number of ether oxygens (including phenoxy) is 2. The van der Waals surface area contributed by atoms with E-state index in [-0.39, 0.29) is 0 Å². The first-order chi connectivity index (χ1) is 10.3. The van der Waals surface area contributed by atoms with Crippen molar-refractivity contribution in [2.45, 2.75) is 72.1 Å². The monoisotopic (exact) mass is 292 g/mol. The molecular weight excluding hydrogens is 260 g/mol. The highest BCUT2D eigenvalue weighted by Crippen LogP contribution is 2.05. The van der Waals surface area contributed by atoms with Gasteiger partial charge in [-0.25, -0.2) is 0 Å². The largest absolute Gasteiger partial charge is 0.465 e. The van der Waals surface area contributed by atoms with Crippen LogP contribution in [0.4, 0.5) is 0 Å². The number of unbranched alkanes of at least 4 members (excludes halogenated alkanes) is 5. The van der Waals surface area contributed by atoms with Crippen LogP contribution in [0.5, 0.6) is 0 Å². The molecule has 0 aromatic carbocycles. The Morgan fingerprint density at radius 1 is 0.810 bits per heavy atom. The van der Waals surface area contributed by atoms with E-state index in [1.54, 1.807) is 6.08 Å². The van der Waals surface area contributed by atoms with E-state index >= 15 is 0 Å². The molecule has 21 heavy (non-hydrogen) atoms. The van der Waals surface area contributed by atoms with Crippen LogP contribution in [0.3, 0.4) is 0 Å². The van der Waals surface area contributed by atoms with Crippen molar-refractivity contribution in [2.75, 3.05) is 13.2 Å². The van der Waals surface area contributed by atoms with Gasteiger partial charge in [0.2, 0.25) is 0 Å². The van der Waals surface area contributed by atoms with Gasteiger partial charge in [-0.05, 0) is 25.3 Å². The molecule has 0 aliphatic carbocycles. The molecule has 0 unspecified atom stereocenters. The van der Waals surface area contributed by atoms with Gasteiger partial charge in [0.05, 0.1) is 19.3 Å². The molecular formula is C19H32O2. The average molecular weight is 292 g/mol. The summed E-state index contributed by atoms with van der Waals surface area (Å²) in [6.07, 6.45) is 14.9. The summed E-state index contributed by atoms with van der Waals surface area (Å²) < 4.78 is 11.3. The predicted molar refractivity (Wildman–Crippen MR) is 90.9 cm³/mol. The average Bonchev–Trinajstić information content (AvgIpc) is 2.50. The second-order valence-electron chi connectivity index (χ2n) is 5.05. The van der Waals surface area contributed by atoms with Gasteiger partial charge in [-0.15, -0.1) is 0 Å². The van der Waals surface area contributed by atoms with Crippen LogP contribution < -0.4 is 0 Å². The summed E-state index contributed by atoms with van der Waals surface area (Å²) in [6, 6.07) is 0. The van der Waals surface area contributed by atoms with Crippen LogP contribution in [0.25, 0.3) is 0 Å². The first kappa shape index (κ1) is 19.6. The predicted octanol–water partition coefficient (Wildman–Crippen LogP) is 5.60. The van der Waals surface area contributed by atoms with E-state index in [9.17, 15) is 0 Å². The zero-order valence-electron chi connectivity index (χ0n) is 14.1. The molecule has 0 amide bonds. The van der Waals surface area contributed by atoms with Crippen LogP contribution >= 0.6 is 0 Å². The topological polar surface area (TPSA) is 18.5 Å². The Kier molecular flexibility index (Phi) is 15.6. The number of hydrogen-bond donors (Lipinski definition) is 0. The smallest absolute Gasteiger partial charge is 0.287 e. The van der Waals surface area contributed by atoms with Crippen molar-refractivity contribution in [1.82, 2.24) is 0 Å². The van der Waals surface area contributed by atoms with Crippen LogP contribution in [0.1, 0.15) is 72.1 Å². The van der Waals surface area contributed by atoms with Crippen molar-refractivity contribution in [3.8, 4) is 11.8 Å². The molecule has 0 atom stereocenters. The third-order valence-corrected chi connectivity index (χ3v) is 2.91. The fraction of sp³-hybridized carbons (Fsp3) is 0.684. The minimum atomic E-state index is 0.568. The number of allylic oxidation sites excluding steroid dienone is 3. The molecule has 0 radical (unpaired) electrons. The molecule has 0 bridgehead atoms. The van der Waals surface area contributed by atoms with Crippen molar-refractivity contribution in [3.05, 3.63) is 24.2 Å². The van der Waals surface area contributed by atoms with Crippen LogP contribution in [-0.2, 0) is 9.47 Å². The Balaban J connectivity index is 4.19. The van der Waals surface area contributed by atoms with E-state index in [0.29, 0.717) is 19.2 Å². The summed E-state index contributed by atoms with van der Waals surface area (Å²) >= 11 is 0. The van der Waals surface area contributed by atoms with E-state index in [1.165, 1.54) is 25.7 Å². The fourth-order valence-electron chi connectivity index (χ4n) is 1.63. The van der Waals surface area contributed by atoms with Crippen LogP contribution in [-0.4, -0.2) is 13.2 Å². The summed E-state index contributed by atoms with van der Waals surface area (Å²) in [5.74, 6) is 6.53. The second kappa shape index (κ2) is 16.7. The van der Waals surface area contributed by atoms with E-state index < -0.39 is 0 Å². The van der Waals surface area contributed by atoms with Crippen molar-refractivity contribution in [1.29, 1.82) is 0 Å². The molecule has 0 saturated heterocycles. The molecule has 0 N–H and O–H groups in total. The van der Waals surface area contributed by atoms with Gasteiger partial charge in [0.15, 0.2) is 0 Å². The van der Waals surface area contributed by atoms with Gasteiger partial charge in [0.25, 0.3) is 5.95 Å². The highest BCUT2D eigenvalue weighted by molar-refractivity contribution is 5.23. The first-order valence-corrected chi connectivity index (χ1v) is 8.46. The third kappa shape index (κ3) is 14.9. The fourth-order valence-corrected chi connectivity index (χ4v) is 1.63. The van der Waals surface area contributed by atoms with Gasteiger partial charge in [-0.2, -0.15) is 0 Å². The third-order valence-electron chi connectivity index (χ3n) is 2.91. The highest BCUT2D eigenvalue weighted by atomic mass is 16.7. The zero-order chi connectivity index (χ0) is 15.6. The summed E-state index contributed by atoms with van der Waals surface area (Å²) in [7, 11) is 0. The SMILES string of the molecule is CCC/C=C\C#CC=C(OCCCCC)OCCCCC.